The Hall–Kier alpha value is -3.20. The Labute approximate surface area is 184 Å². The number of nitrogens with zero attached hydrogens (tertiary/aromatic N) is 3. The fourth-order valence-electron chi connectivity index (χ4n) is 2.97. The standard InChI is InChI=1S/C22H24FN5O2S/c1-14(2)19(25-21(30)16-11-7-8-12-17(16)23)20-26-27-22(28(20)3)31-13-18(29)24-15-9-5-4-6-10-15/h4-12,14,19H,13H2,1-3H3,(H,24,29)(H,25,30). The van der Waals surface area contributed by atoms with E-state index in [0.717, 1.165) is 5.69 Å². The summed E-state index contributed by atoms with van der Waals surface area (Å²) in [6.45, 7) is 3.86. The lowest BCUT2D eigenvalue weighted by Gasteiger charge is -2.21. The van der Waals surface area contributed by atoms with Crippen LogP contribution < -0.4 is 10.6 Å². The number of rotatable bonds is 8. The van der Waals surface area contributed by atoms with E-state index in [0.29, 0.717) is 11.0 Å². The topological polar surface area (TPSA) is 88.9 Å². The van der Waals surface area contributed by atoms with Gasteiger partial charge in [-0.05, 0) is 30.2 Å². The summed E-state index contributed by atoms with van der Waals surface area (Å²) in [6, 6.07) is 14.6. The van der Waals surface area contributed by atoms with Crippen molar-refractivity contribution in [2.24, 2.45) is 13.0 Å². The summed E-state index contributed by atoms with van der Waals surface area (Å²) in [5.41, 5.74) is 0.699. The lowest BCUT2D eigenvalue weighted by Crippen LogP contribution is -2.34. The van der Waals surface area contributed by atoms with Gasteiger partial charge in [-0.15, -0.1) is 10.2 Å². The molecule has 0 saturated heterocycles. The summed E-state index contributed by atoms with van der Waals surface area (Å²) in [5, 5.41) is 14.6. The molecule has 2 amide bonds. The minimum atomic E-state index is -0.582. The molecule has 1 heterocycles. The highest BCUT2D eigenvalue weighted by atomic mass is 32.2. The Morgan fingerprint density at radius 2 is 1.74 bits per heavy atom. The Kier molecular flexibility index (Phi) is 7.41. The van der Waals surface area contributed by atoms with E-state index in [2.05, 4.69) is 20.8 Å². The largest absolute Gasteiger partial charge is 0.342 e. The van der Waals surface area contributed by atoms with Crippen molar-refractivity contribution in [2.45, 2.75) is 25.0 Å². The van der Waals surface area contributed by atoms with Crippen LogP contribution in [0.25, 0.3) is 0 Å². The minimum Gasteiger partial charge on any atom is -0.342 e. The maximum atomic E-state index is 14.0. The van der Waals surface area contributed by atoms with Crippen LogP contribution in [0.1, 0.15) is 36.1 Å². The highest BCUT2D eigenvalue weighted by Crippen LogP contribution is 2.25. The molecule has 2 N–H and O–H groups in total. The molecule has 0 saturated carbocycles. The molecule has 2 aromatic carbocycles. The molecule has 1 aromatic heterocycles. The van der Waals surface area contributed by atoms with Crippen LogP contribution in [0.15, 0.2) is 59.8 Å². The van der Waals surface area contributed by atoms with Gasteiger partial charge in [0.25, 0.3) is 5.91 Å². The number of hydrogen-bond acceptors (Lipinski definition) is 5. The van der Waals surface area contributed by atoms with Crippen LogP contribution in [0.5, 0.6) is 0 Å². The molecule has 3 aromatic rings. The van der Waals surface area contributed by atoms with Gasteiger partial charge in [0.15, 0.2) is 11.0 Å². The fraction of sp³-hybridized carbons (Fsp3) is 0.273. The Balaban J connectivity index is 1.68. The molecule has 0 aliphatic rings. The van der Waals surface area contributed by atoms with Crippen LogP contribution in [0.3, 0.4) is 0 Å². The summed E-state index contributed by atoms with van der Waals surface area (Å²) >= 11 is 1.25. The van der Waals surface area contributed by atoms with Gasteiger partial charge in [-0.2, -0.15) is 0 Å². The van der Waals surface area contributed by atoms with E-state index in [1.165, 1.54) is 30.0 Å². The molecule has 162 valence electrons. The summed E-state index contributed by atoms with van der Waals surface area (Å²) in [7, 11) is 1.78. The molecular weight excluding hydrogens is 417 g/mol. The summed E-state index contributed by atoms with van der Waals surface area (Å²) < 4.78 is 15.7. The average molecular weight is 442 g/mol. The van der Waals surface area contributed by atoms with Crippen LogP contribution >= 0.6 is 11.8 Å². The molecule has 0 bridgehead atoms. The first-order chi connectivity index (χ1) is 14.9. The molecule has 3 rings (SSSR count). The average Bonchev–Trinajstić information content (AvgIpc) is 3.11. The van der Waals surface area contributed by atoms with Crippen molar-refractivity contribution in [3.63, 3.8) is 0 Å². The fourth-order valence-corrected chi connectivity index (χ4v) is 3.68. The molecule has 9 heteroatoms. The number of nitrogens with one attached hydrogen (secondary N) is 2. The van der Waals surface area contributed by atoms with Crippen molar-refractivity contribution in [3.05, 3.63) is 71.8 Å². The van der Waals surface area contributed by atoms with Crippen LogP contribution in [0, 0.1) is 11.7 Å². The summed E-state index contributed by atoms with van der Waals surface area (Å²) in [6.07, 6.45) is 0. The van der Waals surface area contributed by atoms with E-state index in [-0.39, 0.29) is 23.1 Å². The first kappa shape index (κ1) is 22.5. The first-order valence-corrected chi connectivity index (χ1v) is 10.8. The second-order valence-electron chi connectivity index (χ2n) is 7.28. The van der Waals surface area contributed by atoms with Crippen molar-refractivity contribution in [1.82, 2.24) is 20.1 Å². The van der Waals surface area contributed by atoms with Gasteiger partial charge in [0.2, 0.25) is 5.91 Å². The number of hydrogen-bond donors (Lipinski definition) is 2. The number of carbonyl (C=O) groups is 2. The van der Waals surface area contributed by atoms with Gasteiger partial charge >= 0.3 is 0 Å². The summed E-state index contributed by atoms with van der Waals surface area (Å²) in [4.78, 5) is 24.8. The quantitative estimate of drug-likeness (QED) is 0.519. The zero-order valence-electron chi connectivity index (χ0n) is 17.5. The zero-order valence-corrected chi connectivity index (χ0v) is 18.3. The molecule has 0 radical (unpaired) electrons. The molecule has 7 nitrogen and oxygen atoms in total. The normalized spacial score (nSPS) is 11.9. The third-order valence-corrected chi connectivity index (χ3v) is 5.63. The van der Waals surface area contributed by atoms with E-state index in [9.17, 15) is 14.0 Å². The summed E-state index contributed by atoms with van der Waals surface area (Å²) in [5.74, 6) is -0.579. The van der Waals surface area contributed by atoms with Crippen LogP contribution in [0.4, 0.5) is 10.1 Å². The van der Waals surface area contributed by atoms with E-state index in [1.807, 2.05) is 44.2 Å². The maximum Gasteiger partial charge on any atom is 0.254 e. The first-order valence-electron chi connectivity index (χ1n) is 9.79. The molecule has 31 heavy (non-hydrogen) atoms. The Morgan fingerprint density at radius 3 is 2.42 bits per heavy atom. The zero-order chi connectivity index (χ0) is 22.4. The number of carbonyl (C=O) groups excluding carboxylic acids is 2. The third kappa shape index (κ3) is 5.69. The van der Waals surface area contributed by atoms with Gasteiger partial charge in [0.05, 0.1) is 17.4 Å². The predicted molar refractivity (Wildman–Crippen MR) is 118 cm³/mol. The number of para-hydroxylation sites is 1. The Bertz CT molecular complexity index is 1060. The Morgan fingerprint density at radius 1 is 1.06 bits per heavy atom. The molecular formula is C22H24FN5O2S. The molecule has 1 atom stereocenters. The van der Waals surface area contributed by atoms with E-state index in [1.54, 1.807) is 17.7 Å². The number of benzene rings is 2. The van der Waals surface area contributed by atoms with Crippen molar-refractivity contribution in [1.29, 1.82) is 0 Å². The van der Waals surface area contributed by atoms with Gasteiger partial charge in [-0.25, -0.2) is 4.39 Å². The minimum absolute atomic E-state index is 0.0159. The number of amides is 2. The number of thioether (sulfide) groups is 1. The van der Waals surface area contributed by atoms with Crippen LogP contribution in [-0.2, 0) is 11.8 Å². The number of halogens is 1. The van der Waals surface area contributed by atoms with E-state index < -0.39 is 17.8 Å². The molecule has 0 fully saturated rings. The monoisotopic (exact) mass is 441 g/mol. The van der Waals surface area contributed by atoms with Crippen LogP contribution in [0.2, 0.25) is 0 Å². The maximum absolute atomic E-state index is 14.0. The number of aromatic nitrogens is 3. The predicted octanol–water partition coefficient (Wildman–Crippen LogP) is 3.81. The lowest BCUT2D eigenvalue weighted by atomic mass is 10.0. The smallest absolute Gasteiger partial charge is 0.254 e. The van der Waals surface area contributed by atoms with E-state index >= 15 is 0 Å². The van der Waals surface area contributed by atoms with Crippen molar-refractivity contribution in [3.8, 4) is 0 Å². The highest BCUT2D eigenvalue weighted by molar-refractivity contribution is 7.99. The van der Waals surface area contributed by atoms with Gasteiger partial charge in [-0.3, -0.25) is 9.59 Å². The lowest BCUT2D eigenvalue weighted by molar-refractivity contribution is -0.113. The SMILES string of the molecule is CC(C)C(NC(=O)c1ccccc1F)c1nnc(SCC(=O)Nc2ccccc2)n1C. The van der Waals surface area contributed by atoms with Gasteiger partial charge < -0.3 is 15.2 Å². The molecule has 1 unspecified atom stereocenters. The molecule has 0 aliphatic carbocycles. The van der Waals surface area contributed by atoms with Gasteiger partial charge in [-0.1, -0.05) is 55.9 Å². The third-order valence-electron chi connectivity index (χ3n) is 4.61. The number of anilines is 1. The second-order valence-corrected chi connectivity index (χ2v) is 8.22. The van der Waals surface area contributed by atoms with Gasteiger partial charge in [0, 0.05) is 12.7 Å². The van der Waals surface area contributed by atoms with Crippen molar-refractivity contribution >= 4 is 29.3 Å². The van der Waals surface area contributed by atoms with Crippen molar-refractivity contribution in [2.75, 3.05) is 11.1 Å². The molecule has 0 spiro atoms. The highest BCUT2D eigenvalue weighted by Gasteiger charge is 2.26. The molecule has 0 aliphatic heterocycles. The second kappa shape index (κ2) is 10.2. The van der Waals surface area contributed by atoms with Gasteiger partial charge in [0.1, 0.15) is 5.82 Å². The van der Waals surface area contributed by atoms with Crippen molar-refractivity contribution < 1.29 is 14.0 Å². The van der Waals surface area contributed by atoms with Crippen LogP contribution in [-0.4, -0.2) is 32.3 Å². The van der Waals surface area contributed by atoms with E-state index in [4.69, 9.17) is 0 Å².